The first-order valence-electron chi connectivity index (χ1n) is 10.9. The minimum atomic E-state index is -0.295. The third-order valence-electron chi connectivity index (χ3n) is 4.61. The quantitative estimate of drug-likeness (QED) is 0.771. The maximum Gasteiger partial charge on any atom is 0.243 e. The summed E-state index contributed by atoms with van der Waals surface area (Å²) in [4.78, 5) is 26.4. The van der Waals surface area contributed by atoms with Gasteiger partial charge in [-0.2, -0.15) is 0 Å². The van der Waals surface area contributed by atoms with Gasteiger partial charge in [0.15, 0.2) is 0 Å². The van der Waals surface area contributed by atoms with E-state index in [2.05, 4.69) is 15.0 Å². The summed E-state index contributed by atoms with van der Waals surface area (Å²) >= 11 is 0. The molecular weight excluding hydrogens is 378 g/mol. The monoisotopic (exact) mass is 415 g/mol. The summed E-state index contributed by atoms with van der Waals surface area (Å²) in [6.07, 6.45) is 3.74. The van der Waals surface area contributed by atoms with Crippen LogP contribution in [0.5, 0.6) is 0 Å². The third kappa shape index (κ3) is 8.80. The Labute approximate surface area is 181 Å². The van der Waals surface area contributed by atoms with Crippen LogP contribution >= 0.6 is 0 Å². The van der Waals surface area contributed by atoms with Gasteiger partial charge in [-0.25, -0.2) is 0 Å². The molecule has 1 saturated heterocycles. The molecule has 2 aromatic rings. The average Bonchev–Trinajstić information content (AvgIpc) is 3.40. The van der Waals surface area contributed by atoms with Crippen molar-refractivity contribution in [3.05, 3.63) is 53.4 Å². The van der Waals surface area contributed by atoms with Gasteiger partial charge < -0.3 is 14.7 Å². The molecule has 0 radical (unpaired) electrons. The fraction of sp³-hybridized carbons (Fsp3) is 0.542. The summed E-state index contributed by atoms with van der Waals surface area (Å²) in [5.74, 6) is 0.391. The molecule has 0 saturated carbocycles. The van der Waals surface area contributed by atoms with Gasteiger partial charge in [-0.15, -0.1) is 0 Å². The molecule has 1 fully saturated rings. The van der Waals surface area contributed by atoms with Crippen LogP contribution in [0, 0.1) is 19.8 Å². The second-order valence-corrected chi connectivity index (χ2v) is 7.69. The smallest absolute Gasteiger partial charge is 0.243 e. The van der Waals surface area contributed by atoms with Gasteiger partial charge in [0.25, 0.3) is 0 Å². The summed E-state index contributed by atoms with van der Waals surface area (Å²) in [6, 6.07) is 9.62. The minimum Gasteiger partial charge on any atom is -0.365 e. The van der Waals surface area contributed by atoms with Crippen molar-refractivity contribution in [3.8, 4) is 0 Å². The second kappa shape index (κ2) is 13.6. The van der Waals surface area contributed by atoms with Crippen molar-refractivity contribution in [2.24, 2.45) is 5.92 Å². The standard InChI is InChI=1S/C18H26N2O2.C4H5NO.C2H6/c1-13(2)11-17(21)20-10-4-5-16(20)18(22)19-12-15-8-6-14(3)7-9-15;1-4-2-3-6-5-4;1-2/h6-9,13,16H,4-5,10-12H2,1-3H3,(H,19,22);2-3H,1H3;1-2H3. The zero-order chi connectivity index (χ0) is 22.5. The minimum absolute atomic E-state index is 0.0322. The van der Waals surface area contributed by atoms with E-state index in [9.17, 15) is 9.59 Å². The third-order valence-corrected chi connectivity index (χ3v) is 4.61. The SMILES string of the molecule is CC.Cc1ccc(CNC(=O)C2CCCN2C(=O)CC(C)C)cc1.Cc1ccon1. The molecule has 1 unspecified atom stereocenters. The number of benzene rings is 1. The van der Waals surface area contributed by atoms with Gasteiger partial charge in [-0.05, 0) is 38.2 Å². The molecule has 6 heteroatoms. The molecule has 2 heterocycles. The number of nitrogens with one attached hydrogen (secondary N) is 1. The lowest BCUT2D eigenvalue weighted by atomic mass is 10.1. The molecule has 0 bridgehead atoms. The van der Waals surface area contributed by atoms with Crippen LogP contribution in [-0.2, 0) is 16.1 Å². The largest absolute Gasteiger partial charge is 0.365 e. The van der Waals surface area contributed by atoms with Crippen molar-refractivity contribution in [3.63, 3.8) is 0 Å². The van der Waals surface area contributed by atoms with Gasteiger partial charge in [0.1, 0.15) is 12.3 Å². The Balaban J connectivity index is 0.000000474. The first kappa shape index (κ1) is 25.4. The van der Waals surface area contributed by atoms with E-state index in [4.69, 9.17) is 0 Å². The van der Waals surface area contributed by atoms with Crippen molar-refractivity contribution in [1.82, 2.24) is 15.4 Å². The van der Waals surface area contributed by atoms with Crippen LogP contribution < -0.4 is 5.32 Å². The highest BCUT2D eigenvalue weighted by Gasteiger charge is 2.33. The Kier molecular flexibility index (Phi) is 11.5. The van der Waals surface area contributed by atoms with E-state index < -0.39 is 0 Å². The van der Waals surface area contributed by atoms with Gasteiger partial charge >= 0.3 is 0 Å². The normalized spacial score (nSPS) is 15.0. The van der Waals surface area contributed by atoms with E-state index in [0.717, 1.165) is 24.1 Å². The van der Waals surface area contributed by atoms with Crippen molar-refractivity contribution in [2.75, 3.05) is 6.54 Å². The van der Waals surface area contributed by atoms with Gasteiger partial charge in [0.2, 0.25) is 11.8 Å². The topological polar surface area (TPSA) is 75.4 Å². The summed E-state index contributed by atoms with van der Waals surface area (Å²) in [6.45, 7) is 13.2. The Morgan fingerprint density at radius 3 is 2.33 bits per heavy atom. The number of likely N-dealkylation sites (tertiary alicyclic amines) is 1. The zero-order valence-electron chi connectivity index (χ0n) is 19.3. The molecule has 1 aromatic carbocycles. The first-order valence-corrected chi connectivity index (χ1v) is 10.9. The molecule has 0 aliphatic carbocycles. The lowest BCUT2D eigenvalue weighted by molar-refractivity contribution is -0.139. The van der Waals surface area contributed by atoms with Crippen LogP contribution in [0.25, 0.3) is 0 Å². The van der Waals surface area contributed by atoms with E-state index in [1.165, 1.54) is 5.56 Å². The molecule has 0 spiro atoms. The van der Waals surface area contributed by atoms with Crippen molar-refractivity contribution < 1.29 is 14.1 Å². The number of rotatable bonds is 5. The number of nitrogens with zero attached hydrogens (tertiary/aromatic N) is 2. The molecule has 30 heavy (non-hydrogen) atoms. The fourth-order valence-electron chi connectivity index (χ4n) is 3.09. The predicted molar refractivity (Wildman–Crippen MR) is 120 cm³/mol. The Hall–Kier alpha value is -2.63. The Bertz CT molecular complexity index is 740. The number of aromatic nitrogens is 1. The highest BCUT2D eigenvalue weighted by atomic mass is 16.5. The lowest BCUT2D eigenvalue weighted by Gasteiger charge is -2.24. The van der Waals surface area contributed by atoms with Gasteiger partial charge in [-0.3, -0.25) is 9.59 Å². The number of amides is 2. The lowest BCUT2D eigenvalue weighted by Crippen LogP contribution is -2.46. The van der Waals surface area contributed by atoms with Crippen LogP contribution in [0.2, 0.25) is 0 Å². The molecule has 166 valence electrons. The fourth-order valence-corrected chi connectivity index (χ4v) is 3.09. The molecule has 2 amide bonds. The summed E-state index contributed by atoms with van der Waals surface area (Å²) in [7, 11) is 0. The predicted octanol–water partition coefficient (Wildman–Crippen LogP) is 4.66. The van der Waals surface area contributed by atoms with Crippen LogP contribution in [0.4, 0.5) is 0 Å². The van der Waals surface area contributed by atoms with E-state index in [1.54, 1.807) is 17.2 Å². The van der Waals surface area contributed by atoms with E-state index in [-0.39, 0.29) is 17.9 Å². The maximum atomic E-state index is 12.4. The first-order chi connectivity index (χ1) is 14.4. The van der Waals surface area contributed by atoms with Gasteiger partial charge in [-0.1, -0.05) is 62.7 Å². The number of hydrogen-bond acceptors (Lipinski definition) is 4. The van der Waals surface area contributed by atoms with Crippen molar-refractivity contribution in [2.45, 2.75) is 73.4 Å². The highest BCUT2D eigenvalue weighted by molar-refractivity contribution is 5.88. The molecule has 1 N–H and O–H groups in total. The van der Waals surface area contributed by atoms with Crippen molar-refractivity contribution >= 4 is 11.8 Å². The van der Waals surface area contributed by atoms with Crippen LogP contribution in [-0.4, -0.2) is 34.5 Å². The molecular formula is C24H37N3O3. The second-order valence-electron chi connectivity index (χ2n) is 7.69. The molecule has 1 aromatic heterocycles. The average molecular weight is 416 g/mol. The van der Waals surface area contributed by atoms with E-state index in [1.807, 2.05) is 65.8 Å². The maximum absolute atomic E-state index is 12.4. The molecule has 1 atom stereocenters. The van der Waals surface area contributed by atoms with Crippen LogP contribution in [0.3, 0.4) is 0 Å². The molecule has 6 nitrogen and oxygen atoms in total. The van der Waals surface area contributed by atoms with Gasteiger partial charge in [0, 0.05) is 25.6 Å². The highest BCUT2D eigenvalue weighted by Crippen LogP contribution is 2.20. The molecule has 1 aliphatic rings. The number of aryl methyl sites for hydroxylation is 2. The van der Waals surface area contributed by atoms with E-state index >= 15 is 0 Å². The zero-order valence-corrected chi connectivity index (χ0v) is 19.3. The van der Waals surface area contributed by atoms with E-state index in [0.29, 0.717) is 25.4 Å². The number of carbonyl (C=O) groups excluding carboxylic acids is 2. The Morgan fingerprint density at radius 2 is 1.83 bits per heavy atom. The summed E-state index contributed by atoms with van der Waals surface area (Å²) < 4.78 is 4.46. The number of carbonyl (C=O) groups is 2. The van der Waals surface area contributed by atoms with Crippen LogP contribution in [0.15, 0.2) is 41.1 Å². The summed E-state index contributed by atoms with van der Waals surface area (Å²) in [5.41, 5.74) is 3.21. The molecule has 1 aliphatic heterocycles. The summed E-state index contributed by atoms with van der Waals surface area (Å²) in [5, 5.41) is 6.51. The Morgan fingerprint density at radius 1 is 1.17 bits per heavy atom. The van der Waals surface area contributed by atoms with Crippen LogP contribution in [0.1, 0.15) is 63.8 Å². The number of hydrogen-bond donors (Lipinski definition) is 1. The van der Waals surface area contributed by atoms with Crippen molar-refractivity contribution in [1.29, 1.82) is 0 Å². The molecule has 3 rings (SSSR count). The van der Waals surface area contributed by atoms with Gasteiger partial charge in [0.05, 0.1) is 5.69 Å².